The average Bonchev–Trinajstić information content (AvgIpc) is 3.18. The minimum Gasteiger partial charge on any atom is -0.416 e. The Bertz CT molecular complexity index is 917. The van der Waals surface area contributed by atoms with E-state index >= 15 is 0 Å². The Morgan fingerprint density at radius 2 is 1.79 bits per heavy atom. The molecule has 2 aromatic carbocycles. The predicted octanol–water partition coefficient (Wildman–Crippen LogP) is 4.26. The van der Waals surface area contributed by atoms with Crippen molar-refractivity contribution in [2.45, 2.75) is 33.3 Å². The van der Waals surface area contributed by atoms with Gasteiger partial charge in [-0.2, -0.15) is 0 Å². The van der Waals surface area contributed by atoms with Crippen molar-refractivity contribution in [3.8, 4) is 22.9 Å². The molecule has 0 aliphatic rings. The third-order valence-corrected chi connectivity index (χ3v) is 4.25. The van der Waals surface area contributed by atoms with Crippen LogP contribution in [-0.2, 0) is 4.74 Å². The highest BCUT2D eigenvalue weighted by atomic mass is 16.5. The van der Waals surface area contributed by atoms with Crippen LogP contribution in [0.1, 0.15) is 36.2 Å². The van der Waals surface area contributed by atoms with E-state index in [0.717, 1.165) is 23.1 Å². The molecule has 0 aliphatic heterocycles. The van der Waals surface area contributed by atoms with Gasteiger partial charge < -0.3 is 14.5 Å². The van der Waals surface area contributed by atoms with Crippen molar-refractivity contribution in [2.75, 3.05) is 13.2 Å². The summed E-state index contributed by atoms with van der Waals surface area (Å²) < 4.78 is 11.3. The number of ether oxygens (including phenoxy) is 1. The fourth-order valence-corrected chi connectivity index (χ4v) is 2.72. The number of benzene rings is 2. The summed E-state index contributed by atoms with van der Waals surface area (Å²) in [5.41, 5.74) is 3.35. The summed E-state index contributed by atoms with van der Waals surface area (Å²) >= 11 is 0. The summed E-state index contributed by atoms with van der Waals surface area (Å²) in [5, 5.41) is 11.2. The van der Waals surface area contributed by atoms with Crippen molar-refractivity contribution in [1.82, 2.24) is 15.5 Å². The van der Waals surface area contributed by atoms with Gasteiger partial charge in [0.2, 0.25) is 11.8 Å². The van der Waals surface area contributed by atoms with Gasteiger partial charge in [0.15, 0.2) is 0 Å². The summed E-state index contributed by atoms with van der Waals surface area (Å²) in [7, 11) is 0. The average molecular weight is 379 g/mol. The molecular formula is C22H25N3O3. The molecule has 1 N–H and O–H groups in total. The van der Waals surface area contributed by atoms with E-state index < -0.39 is 0 Å². The summed E-state index contributed by atoms with van der Waals surface area (Å²) in [4.78, 5) is 12.2. The predicted molar refractivity (Wildman–Crippen MR) is 108 cm³/mol. The molecule has 0 fully saturated rings. The van der Waals surface area contributed by atoms with Crippen LogP contribution >= 0.6 is 0 Å². The molecule has 0 unspecified atom stereocenters. The Hall–Kier alpha value is -2.99. The highest BCUT2D eigenvalue weighted by Gasteiger charge is 2.13. The molecule has 1 aromatic heterocycles. The molecule has 6 nitrogen and oxygen atoms in total. The number of aromatic nitrogens is 2. The van der Waals surface area contributed by atoms with Crippen molar-refractivity contribution in [1.29, 1.82) is 0 Å². The molecule has 0 radical (unpaired) electrons. The van der Waals surface area contributed by atoms with E-state index in [1.807, 2.05) is 57.2 Å². The number of hydrogen-bond donors (Lipinski definition) is 1. The summed E-state index contributed by atoms with van der Waals surface area (Å²) in [6.45, 7) is 7.20. The van der Waals surface area contributed by atoms with Crippen LogP contribution < -0.4 is 5.32 Å². The minimum absolute atomic E-state index is 0.109. The highest BCUT2D eigenvalue weighted by molar-refractivity contribution is 5.94. The molecule has 0 saturated carbocycles. The molecular weight excluding hydrogens is 354 g/mol. The van der Waals surface area contributed by atoms with E-state index in [1.165, 1.54) is 0 Å². The van der Waals surface area contributed by atoms with Gasteiger partial charge >= 0.3 is 0 Å². The lowest BCUT2D eigenvalue weighted by molar-refractivity contribution is 0.0757. The van der Waals surface area contributed by atoms with E-state index in [-0.39, 0.29) is 12.0 Å². The van der Waals surface area contributed by atoms with Crippen LogP contribution in [-0.4, -0.2) is 35.4 Å². The first-order valence-electron chi connectivity index (χ1n) is 9.44. The zero-order valence-electron chi connectivity index (χ0n) is 16.4. The number of carbonyl (C=O) groups is 1. The van der Waals surface area contributed by atoms with Crippen molar-refractivity contribution >= 4 is 5.91 Å². The van der Waals surface area contributed by atoms with Gasteiger partial charge in [0.25, 0.3) is 5.91 Å². The maximum absolute atomic E-state index is 12.2. The monoisotopic (exact) mass is 379 g/mol. The quantitative estimate of drug-likeness (QED) is 0.592. The van der Waals surface area contributed by atoms with Crippen LogP contribution in [0.2, 0.25) is 0 Å². The van der Waals surface area contributed by atoms with Gasteiger partial charge in [-0.05, 0) is 63.1 Å². The van der Waals surface area contributed by atoms with Gasteiger partial charge in [0.05, 0.1) is 6.10 Å². The Balaban J connectivity index is 1.60. The Kier molecular flexibility index (Phi) is 6.55. The van der Waals surface area contributed by atoms with E-state index in [1.54, 1.807) is 12.1 Å². The minimum atomic E-state index is -0.109. The summed E-state index contributed by atoms with van der Waals surface area (Å²) in [6, 6.07) is 15.0. The standard InChI is InChI=1S/C22H25N3O3/c1-15(2)27-14-6-13-23-20(26)17-9-11-18(12-10-17)21-24-25-22(28-21)19-8-5-4-7-16(19)3/h4-5,7-12,15H,6,13-14H2,1-3H3,(H,23,26). The van der Waals surface area contributed by atoms with Crippen molar-refractivity contribution in [3.63, 3.8) is 0 Å². The maximum Gasteiger partial charge on any atom is 0.251 e. The molecule has 3 rings (SSSR count). The van der Waals surface area contributed by atoms with E-state index in [9.17, 15) is 4.79 Å². The van der Waals surface area contributed by atoms with Gasteiger partial charge in [-0.1, -0.05) is 18.2 Å². The van der Waals surface area contributed by atoms with Crippen LogP contribution in [0.5, 0.6) is 0 Å². The molecule has 0 saturated heterocycles. The lowest BCUT2D eigenvalue weighted by Crippen LogP contribution is -2.25. The number of nitrogens with one attached hydrogen (secondary N) is 1. The first-order chi connectivity index (χ1) is 13.5. The second-order valence-electron chi connectivity index (χ2n) is 6.83. The zero-order chi connectivity index (χ0) is 19.9. The zero-order valence-corrected chi connectivity index (χ0v) is 16.4. The maximum atomic E-state index is 12.2. The molecule has 28 heavy (non-hydrogen) atoms. The first-order valence-corrected chi connectivity index (χ1v) is 9.44. The van der Waals surface area contributed by atoms with Gasteiger partial charge in [-0.25, -0.2) is 0 Å². The number of nitrogens with zero attached hydrogens (tertiary/aromatic N) is 2. The number of carbonyl (C=O) groups excluding carboxylic acids is 1. The summed E-state index contributed by atoms with van der Waals surface area (Å²) in [5.74, 6) is 0.803. The molecule has 6 heteroatoms. The second kappa shape index (κ2) is 9.28. The topological polar surface area (TPSA) is 77.2 Å². The van der Waals surface area contributed by atoms with E-state index in [0.29, 0.717) is 30.5 Å². The normalized spacial score (nSPS) is 11.0. The molecule has 146 valence electrons. The van der Waals surface area contributed by atoms with Gasteiger partial charge in [0, 0.05) is 29.8 Å². The van der Waals surface area contributed by atoms with Crippen molar-refractivity contribution in [2.24, 2.45) is 0 Å². The fraction of sp³-hybridized carbons (Fsp3) is 0.318. The fourth-order valence-electron chi connectivity index (χ4n) is 2.72. The van der Waals surface area contributed by atoms with Crippen LogP contribution in [0.15, 0.2) is 52.9 Å². The number of amides is 1. The molecule has 1 heterocycles. The van der Waals surface area contributed by atoms with Crippen LogP contribution in [0.25, 0.3) is 22.9 Å². The molecule has 0 bridgehead atoms. The number of aryl methyl sites for hydroxylation is 1. The Morgan fingerprint density at radius 1 is 1.07 bits per heavy atom. The van der Waals surface area contributed by atoms with Gasteiger partial charge in [-0.3, -0.25) is 4.79 Å². The Labute approximate surface area is 164 Å². The van der Waals surface area contributed by atoms with Crippen molar-refractivity contribution in [3.05, 3.63) is 59.7 Å². The third kappa shape index (κ3) is 5.04. The molecule has 3 aromatic rings. The first kappa shape index (κ1) is 19.8. The molecule has 0 atom stereocenters. The van der Waals surface area contributed by atoms with E-state index in [4.69, 9.17) is 9.15 Å². The molecule has 1 amide bonds. The molecule has 0 spiro atoms. The summed E-state index contributed by atoms with van der Waals surface area (Å²) in [6.07, 6.45) is 0.991. The van der Waals surface area contributed by atoms with Crippen LogP contribution in [0.3, 0.4) is 0 Å². The van der Waals surface area contributed by atoms with Gasteiger partial charge in [0.1, 0.15) is 0 Å². The smallest absolute Gasteiger partial charge is 0.251 e. The number of rotatable bonds is 8. The lowest BCUT2D eigenvalue weighted by Gasteiger charge is -2.08. The Morgan fingerprint density at radius 3 is 2.50 bits per heavy atom. The largest absolute Gasteiger partial charge is 0.416 e. The van der Waals surface area contributed by atoms with Crippen LogP contribution in [0.4, 0.5) is 0 Å². The lowest BCUT2D eigenvalue weighted by atomic mass is 10.1. The van der Waals surface area contributed by atoms with E-state index in [2.05, 4.69) is 15.5 Å². The van der Waals surface area contributed by atoms with Crippen LogP contribution in [0, 0.1) is 6.92 Å². The number of hydrogen-bond acceptors (Lipinski definition) is 5. The third-order valence-electron chi connectivity index (χ3n) is 4.25. The molecule has 0 aliphatic carbocycles. The highest BCUT2D eigenvalue weighted by Crippen LogP contribution is 2.26. The SMILES string of the molecule is Cc1ccccc1-c1nnc(-c2ccc(C(=O)NCCCOC(C)C)cc2)o1. The second-order valence-corrected chi connectivity index (χ2v) is 6.83. The van der Waals surface area contributed by atoms with Crippen molar-refractivity contribution < 1.29 is 13.9 Å². The van der Waals surface area contributed by atoms with Gasteiger partial charge in [-0.15, -0.1) is 10.2 Å².